The van der Waals surface area contributed by atoms with Crippen molar-refractivity contribution in [2.75, 3.05) is 66.1 Å². The number of likely N-dealkylation sites (tertiary alicyclic amines) is 1. The van der Waals surface area contributed by atoms with Gasteiger partial charge < -0.3 is 24.5 Å². The summed E-state index contributed by atoms with van der Waals surface area (Å²) < 4.78 is 4.71. The molecule has 0 aliphatic carbocycles. The number of carbonyl (C=O) groups is 3. The van der Waals surface area contributed by atoms with Crippen molar-refractivity contribution < 1.29 is 24.2 Å². The van der Waals surface area contributed by atoms with Crippen molar-refractivity contribution in [1.29, 1.82) is 0 Å². The highest BCUT2D eigenvalue weighted by atomic mass is 79.9. The van der Waals surface area contributed by atoms with Crippen LogP contribution in [-0.4, -0.2) is 135 Å². The molecule has 43 heavy (non-hydrogen) atoms. The number of ether oxygens (including phenoxy) is 1. The first kappa shape index (κ1) is 32.2. The van der Waals surface area contributed by atoms with Gasteiger partial charge in [-0.15, -0.1) is 24.9 Å². The Hall–Kier alpha value is -2.18. The van der Waals surface area contributed by atoms with Crippen molar-refractivity contribution in [3.63, 3.8) is 0 Å². The van der Waals surface area contributed by atoms with Crippen LogP contribution in [-0.2, 0) is 25.5 Å². The Balaban J connectivity index is 1.53. The molecule has 4 aliphatic heterocycles. The molecule has 3 unspecified atom stereocenters. The Morgan fingerprint density at radius 1 is 1.19 bits per heavy atom. The Labute approximate surface area is 267 Å². The fourth-order valence-electron chi connectivity index (χ4n) is 7.40. The summed E-state index contributed by atoms with van der Waals surface area (Å²) in [6.45, 7) is 12.3. The molecule has 11 heteroatoms. The minimum Gasteiger partial charge on any atom is -0.394 e. The monoisotopic (exact) mass is 674 g/mol. The van der Waals surface area contributed by atoms with Crippen molar-refractivity contribution in [2.45, 2.75) is 39.7 Å². The molecule has 1 aromatic rings. The van der Waals surface area contributed by atoms with Gasteiger partial charge in [0.25, 0.3) is 0 Å². The molecular weight excluding hydrogens is 632 g/mol. The predicted molar refractivity (Wildman–Crippen MR) is 172 cm³/mol. The largest absolute Gasteiger partial charge is 0.394 e. The van der Waals surface area contributed by atoms with Crippen LogP contribution in [0.25, 0.3) is 0 Å². The maximum Gasteiger partial charge on any atom is 0.247 e. The zero-order valence-corrected chi connectivity index (χ0v) is 27.3. The number of aliphatic hydroxyl groups is 1. The van der Waals surface area contributed by atoms with E-state index in [-0.39, 0.29) is 34.4 Å². The van der Waals surface area contributed by atoms with Crippen LogP contribution in [0.5, 0.6) is 0 Å². The number of rotatable bonds is 13. The normalized spacial score (nSPS) is 30.6. The lowest BCUT2D eigenvalue weighted by Crippen LogP contribution is -2.59. The number of amides is 3. The van der Waals surface area contributed by atoms with E-state index >= 15 is 0 Å². The van der Waals surface area contributed by atoms with Gasteiger partial charge in [0, 0.05) is 56.4 Å². The molecule has 9 nitrogen and oxygen atoms in total. The molecule has 1 spiro atoms. The Morgan fingerprint density at radius 3 is 2.53 bits per heavy atom. The van der Waals surface area contributed by atoms with Gasteiger partial charge in [-0.05, 0) is 18.4 Å². The zero-order chi connectivity index (χ0) is 30.7. The average Bonchev–Trinajstić information content (AvgIpc) is 3.61. The Bertz CT molecular complexity index is 1200. The quantitative estimate of drug-likeness (QED) is 0.253. The van der Waals surface area contributed by atoms with Crippen molar-refractivity contribution >= 4 is 45.4 Å². The second-order valence-electron chi connectivity index (χ2n) is 12.0. The molecule has 2 bridgehead atoms. The van der Waals surface area contributed by atoms with Gasteiger partial charge in [-0.25, -0.2) is 0 Å². The molecule has 0 saturated carbocycles. The number of fused-ring (bicyclic) bond motifs is 1. The number of carbonyl (C=O) groups excluding carboxylic acids is 3. The van der Waals surface area contributed by atoms with Gasteiger partial charge >= 0.3 is 0 Å². The fraction of sp³-hybridized carbons (Fsp3) is 0.594. The second-order valence-corrected chi connectivity index (χ2v) is 14.7. The number of morpholine rings is 1. The summed E-state index contributed by atoms with van der Waals surface area (Å²) in [4.78, 5) is 50.7. The van der Waals surface area contributed by atoms with Crippen LogP contribution in [0, 0.1) is 11.8 Å². The van der Waals surface area contributed by atoms with E-state index in [1.807, 2.05) is 30.3 Å². The average molecular weight is 676 g/mol. The minimum absolute atomic E-state index is 0.0224. The van der Waals surface area contributed by atoms with Crippen LogP contribution in [0.15, 0.2) is 55.6 Å². The number of hydrogen-bond donors (Lipinski definition) is 1. The molecule has 234 valence electrons. The fourth-order valence-corrected chi connectivity index (χ4v) is 11.0. The van der Waals surface area contributed by atoms with Gasteiger partial charge in [-0.2, -0.15) is 0 Å². The van der Waals surface area contributed by atoms with Gasteiger partial charge in [0.1, 0.15) is 6.04 Å². The van der Waals surface area contributed by atoms with Crippen molar-refractivity contribution in [3.05, 3.63) is 61.2 Å². The van der Waals surface area contributed by atoms with E-state index in [0.29, 0.717) is 52.2 Å². The van der Waals surface area contributed by atoms with Gasteiger partial charge in [-0.3, -0.25) is 19.3 Å². The number of aliphatic hydroxyl groups excluding tert-OH is 1. The number of nitrogens with zero attached hydrogens (tertiary/aromatic N) is 4. The number of benzene rings is 1. The summed E-state index contributed by atoms with van der Waals surface area (Å²) in [6, 6.07) is 8.31. The van der Waals surface area contributed by atoms with Crippen LogP contribution in [0.1, 0.15) is 12.0 Å². The van der Waals surface area contributed by atoms with Gasteiger partial charge in [0.05, 0.1) is 42.4 Å². The van der Waals surface area contributed by atoms with Crippen molar-refractivity contribution in [1.82, 2.24) is 19.6 Å². The van der Waals surface area contributed by atoms with E-state index in [9.17, 15) is 19.5 Å². The smallest absolute Gasteiger partial charge is 0.247 e. The number of hydrogen-bond acceptors (Lipinski definition) is 7. The lowest BCUT2D eigenvalue weighted by atomic mass is 9.70. The van der Waals surface area contributed by atoms with Gasteiger partial charge in [-0.1, -0.05) is 58.4 Å². The molecule has 1 aromatic carbocycles. The number of halogens is 1. The van der Waals surface area contributed by atoms with Gasteiger partial charge in [0.15, 0.2) is 0 Å². The summed E-state index contributed by atoms with van der Waals surface area (Å²) in [6.07, 6.45) is 4.41. The third kappa shape index (κ3) is 6.08. The molecule has 0 radical (unpaired) electrons. The van der Waals surface area contributed by atoms with Crippen LogP contribution in [0.2, 0.25) is 0 Å². The zero-order valence-electron chi connectivity index (χ0n) is 24.9. The summed E-state index contributed by atoms with van der Waals surface area (Å²) >= 11 is 5.47. The van der Waals surface area contributed by atoms with E-state index in [1.54, 1.807) is 45.7 Å². The first-order valence-corrected chi connectivity index (χ1v) is 16.9. The van der Waals surface area contributed by atoms with Crippen molar-refractivity contribution in [3.8, 4) is 0 Å². The molecule has 3 amide bonds. The topological polar surface area (TPSA) is 93.6 Å². The molecule has 0 aromatic heterocycles. The highest BCUT2D eigenvalue weighted by molar-refractivity contribution is 9.09. The third-order valence-electron chi connectivity index (χ3n) is 9.39. The standard InChI is InChI=1S/C32H43BrN4O5S/c1-4-11-34(3)29(39)25-26-30(40)37(23(21-38)19-22-9-7-6-8-10-22)28(32(26)20-24(33)27(25)43-32)31(41)36(12-5-2)14-13-35-15-17-42-18-16-35/h4-10,23-28,38H,1-2,11-21H2,3H3/t23-,24?,25+,26+,27+,28?,32?/m1/s1. The van der Waals surface area contributed by atoms with E-state index in [0.717, 1.165) is 18.7 Å². The summed E-state index contributed by atoms with van der Waals surface area (Å²) in [5.41, 5.74) is 0.971. The number of likely N-dealkylation sites (N-methyl/N-ethyl adjacent to an activating group) is 1. The highest BCUT2D eigenvalue weighted by Gasteiger charge is 2.76. The maximum absolute atomic E-state index is 14.8. The van der Waals surface area contributed by atoms with Crippen molar-refractivity contribution in [2.24, 2.45) is 11.8 Å². The Morgan fingerprint density at radius 2 is 1.88 bits per heavy atom. The second kappa shape index (κ2) is 13.9. The number of alkyl halides is 1. The minimum atomic E-state index is -0.812. The van der Waals surface area contributed by atoms with Crippen LogP contribution >= 0.6 is 27.7 Å². The van der Waals surface area contributed by atoms with E-state index in [4.69, 9.17) is 4.74 Å². The molecule has 5 rings (SSSR count). The van der Waals surface area contributed by atoms with Crippen LogP contribution in [0.4, 0.5) is 0 Å². The molecular formula is C32H43BrN4O5S. The Kier molecular flexibility index (Phi) is 10.4. The molecule has 7 atom stereocenters. The lowest BCUT2D eigenvalue weighted by molar-refractivity contribution is -0.146. The van der Waals surface area contributed by atoms with Gasteiger partial charge in [0.2, 0.25) is 17.7 Å². The molecule has 4 heterocycles. The third-order valence-corrected chi connectivity index (χ3v) is 12.6. The molecule has 1 N–H and O–H groups in total. The predicted octanol–water partition coefficient (Wildman–Crippen LogP) is 2.05. The highest BCUT2D eigenvalue weighted by Crippen LogP contribution is 2.68. The summed E-state index contributed by atoms with van der Waals surface area (Å²) in [5.74, 6) is -1.68. The number of thioether (sulfide) groups is 1. The maximum atomic E-state index is 14.8. The SMILES string of the molecule is C=CCN(C)C(=O)[C@H]1[C@H]2C(=O)N([C@@H](CO)Cc3ccccc3)C(C(=O)N(CC=C)CCN3CCOCC3)C23CC(Br)[C@@H]1S3. The van der Waals surface area contributed by atoms with E-state index in [1.165, 1.54) is 0 Å². The van der Waals surface area contributed by atoms with Crippen LogP contribution < -0.4 is 0 Å². The first-order chi connectivity index (χ1) is 20.8. The molecule has 4 fully saturated rings. The first-order valence-electron chi connectivity index (χ1n) is 15.1. The van der Waals surface area contributed by atoms with Crippen LogP contribution in [0.3, 0.4) is 0 Å². The molecule has 4 saturated heterocycles. The summed E-state index contributed by atoms with van der Waals surface area (Å²) in [5, 5.41) is 10.6. The lowest BCUT2D eigenvalue weighted by Gasteiger charge is -2.40. The van der Waals surface area contributed by atoms with E-state index in [2.05, 4.69) is 34.0 Å². The van der Waals surface area contributed by atoms with E-state index < -0.39 is 28.7 Å². The summed E-state index contributed by atoms with van der Waals surface area (Å²) in [7, 11) is 1.74. The molecule has 4 aliphatic rings.